The molecule has 2 aromatic carbocycles. The zero-order valence-electron chi connectivity index (χ0n) is 17.9. The number of hydrogen-bond donors (Lipinski definition) is 1. The predicted octanol–water partition coefficient (Wildman–Crippen LogP) is 3.59. The molecule has 3 aromatic rings. The standard InChI is InChI=1S/C22H23N3O7/c1-4-13(2)16-7-5-6-8-17(16)23-21(27)14(3)31-20(26)12-24-18-10-9-15(25(29)30)11-19(18)32-22(24)28/h5-11,13-14H,4,12H2,1-3H3,(H,23,27). The van der Waals surface area contributed by atoms with Crippen LogP contribution in [0.1, 0.15) is 38.7 Å². The van der Waals surface area contributed by atoms with Gasteiger partial charge in [-0.3, -0.25) is 24.3 Å². The number of nitrogens with one attached hydrogen (secondary N) is 1. The lowest BCUT2D eigenvalue weighted by Gasteiger charge is -2.18. The molecule has 0 bridgehead atoms. The molecule has 32 heavy (non-hydrogen) atoms. The summed E-state index contributed by atoms with van der Waals surface area (Å²) in [6, 6.07) is 11.0. The van der Waals surface area contributed by atoms with Gasteiger partial charge in [0.2, 0.25) is 0 Å². The molecule has 2 atom stereocenters. The maximum atomic E-state index is 12.6. The van der Waals surface area contributed by atoms with E-state index in [0.29, 0.717) is 5.69 Å². The number of oxazole rings is 1. The fourth-order valence-corrected chi connectivity index (χ4v) is 3.23. The summed E-state index contributed by atoms with van der Waals surface area (Å²) >= 11 is 0. The Labute approximate surface area is 182 Å². The van der Waals surface area contributed by atoms with Crippen LogP contribution in [-0.2, 0) is 20.9 Å². The SMILES string of the molecule is CCC(C)c1ccccc1NC(=O)C(C)OC(=O)Cn1c(=O)oc2cc([N+](=O)[O-])ccc21. The molecule has 1 heterocycles. The minimum atomic E-state index is -1.11. The van der Waals surface area contributed by atoms with Crippen LogP contribution in [0.2, 0.25) is 0 Å². The van der Waals surface area contributed by atoms with Crippen LogP contribution >= 0.6 is 0 Å². The van der Waals surface area contributed by atoms with Crippen molar-refractivity contribution in [2.75, 3.05) is 5.32 Å². The lowest BCUT2D eigenvalue weighted by Crippen LogP contribution is -2.32. The second-order valence-electron chi connectivity index (χ2n) is 7.38. The van der Waals surface area contributed by atoms with Crippen LogP contribution in [0.25, 0.3) is 11.1 Å². The molecule has 0 saturated carbocycles. The summed E-state index contributed by atoms with van der Waals surface area (Å²) in [7, 11) is 0. The van der Waals surface area contributed by atoms with E-state index in [9.17, 15) is 24.5 Å². The average Bonchev–Trinajstić information content (AvgIpc) is 3.07. The first-order valence-electron chi connectivity index (χ1n) is 10.1. The number of hydrogen-bond acceptors (Lipinski definition) is 7. The lowest BCUT2D eigenvalue weighted by atomic mass is 9.97. The van der Waals surface area contributed by atoms with Gasteiger partial charge in [-0.2, -0.15) is 0 Å². The summed E-state index contributed by atoms with van der Waals surface area (Å²) in [4.78, 5) is 47.3. The van der Waals surface area contributed by atoms with Crippen molar-refractivity contribution in [2.45, 2.75) is 45.8 Å². The monoisotopic (exact) mass is 441 g/mol. The second kappa shape index (κ2) is 9.46. The van der Waals surface area contributed by atoms with Gasteiger partial charge in [-0.05, 0) is 37.0 Å². The Bertz CT molecular complexity index is 1230. The average molecular weight is 441 g/mol. The minimum Gasteiger partial charge on any atom is -0.451 e. The first kappa shape index (κ1) is 22.7. The molecular weight excluding hydrogens is 418 g/mol. The number of nitrogens with zero attached hydrogens (tertiary/aromatic N) is 2. The molecule has 0 aliphatic rings. The van der Waals surface area contributed by atoms with Gasteiger partial charge in [0, 0.05) is 11.8 Å². The molecule has 1 amide bonds. The number of aromatic nitrogens is 1. The van der Waals surface area contributed by atoms with E-state index in [1.807, 2.05) is 19.1 Å². The topological polar surface area (TPSA) is 134 Å². The van der Waals surface area contributed by atoms with E-state index in [1.165, 1.54) is 19.1 Å². The van der Waals surface area contributed by atoms with Crippen LogP contribution in [0.5, 0.6) is 0 Å². The molecular formula is C22H23N3O7. The highest BCUT2D eigenvalue weighted by Crippen LogP contribution is 2.26. The smallest absolute Gasteiger partial charge is 0.420 e. The Kier molecular flexibility index (Phi) is 6.72. The van der Waals surface area contributed by atoms with Crippen molar-refractivity contribution in [3.8, 4) is 0 Å². The first-order valence-corrected chi connectivity index (χ1v) is 10.1. The molecule has 0 spiro atoms. The van der Waals surface area contributed by atoms with Gasteiger partial charge in [-0.25, -0.2) is 4.79 Å². The highest BCUT2D eigenvalue weighted by Gasteiger charge is 2.22. The van der Waals surface area contributed by atoms with E-state index in [4.69, 9.17) is 9.15 Å². The number of non-ortho nitro benzene ring substituents is 1. The number of esters is 1. The number of amides is 1. The summed E-state index contributed by atoms with van der Waals surface area (Å²) < 4.78 is 11.2. The number of rotatable bonds is 8. The summed E-state index contributed by atoms with van der Waals surface area (Å²) in [5, 5.41) is 13.7. The van der Waals surface area contributed by atoms with Crippen LogP contribution in [-0.4, -0.2) is 27.5 Å². The van der Waals surface area contributed by atoms with E-state index < -0.39 is 35.2 Å². The maximum Gasteiger partial charge on any atom is 0.420 e. The first-order chi connectivity index (χ1) is 15.2. The Hall–Kier alpha value is -3.95. The molecule has 10 nitrogen and oxygen atoms in total. The Balaban J connectivity index is 1.69. The highest BCUT2D eigenvalue weighted by molar-refractivity contribution is 5.95. The van der Waals surface area contributed by atoms with Gasteiger partial charge in [0.15, 0.2) is 11.7 Å². The van der Waals surface area contributed by atoms with E-state index in [1.54, 1.807) is 12.1 Å². The van der Waals surface area contributed by atoms with Crippen LogP contribution in [0, 0.1) is 10.1 Å². The normalized spacial score (nSPS) is 12.8. The van der Waals surface area contributed by atoms with E-state index in [2.05, 4.69) is 12.2 Å². The Morgan fingerprint density at radius 1 is 1.22 bits per heavy atom. The molecule has 2 unspecified atom stereocenters. The third-order valence-corrected chi connectivity index (χ3v) is 5.19. The largest absolute Gasteiger partial charge is 0.451 e. The predicted molar refractivity (Wildman–Crippen MR) is 116 cm³/mol. The van der Waals surface area contributed by atoms with Crippen LogP contribution in [0.4, 0.5) is 11.4 Å². The van der Waals surface area contributed by atoms with E-state index in [-0.39, 0.29) is 22.7 Å². The lowest BCUT2D eigenvalue weighted by molar-refractivity contribution is -0.384. The Morgan fingerprint density at radius 2 is 1.94 bits per heavy atom. The quantitative estimate of drug-likeness (QED) is 0.321. The van der Waals surface area contributed by atoms with Crippen molar-refractivity contribution in [3.63, 3.8) is 0 Å². The number of para-hydroxylation sites is 1. The minimum absolute atomic E-state index is 0.0237. The molecule has 1 aromatic heterocycles. The summed E-state index contributed by atoms with van der Waals surface area (Å²) in [6.45, 7) is 5.02. The van der Waals surface area contributed by atoms with Crippen molar-refractivity contribution in [1.29, 1.82) is 0 Å². The number of nitro groups is 1. The van der Waals surface area contributed by atoms with Crippen LogP contribution < -0.4 is 11.1 Å². The third-order valence-electron chi connectivity index (χ3n) is 5.19. The number of anilines is 1. The van der Waals surface area contributed by atoms with Gasteiger partial charge in [0.25, 0.3) is 11.6 Å². The van der Waals surface area contributed by atoms with E-state index in [0.717, 1.165) is 22.6 Å². The van der Waals surface area contributed by atoms with Crippen LogP contribution in [0.15, 0.2) is 51.7 Å². The molecule has 3 rings (SSSR count). The number of nitro benzene ring substituents is 1. The van der Waals surface area contributed by atoms with Gasteiger partial charge < -0.3 is 14.5 Å². The summed E-state index contributed by atoms with van der Waals surface area (Å²) in [5.41, 5.74) is 1.56. The van der Waals surface area contributed by atoms with Gasteiger partial charge in [-0.1, -0.05) is 32.0 Å². The summed E-state index contributed by atoms with van der Waals surface area (Å²) in [5.74, 6) is -1.96. The molecule has 0 saturated heterocycles. The highest BCUT2D eigenvalue weighted by atomic mass is 16.6. The van der Waals surface area contributed by atoms with Gasteiger partial charge in [0.05, 0.1) is 16.5 Å². The number of benzene rings is 2. The summed E-state index contributed by atoms with van der Waals surface area (Å²) in [6.07, 6.45) is -0.212. The fourth-order valence-electron chi connectivity index (χ4n) is 3.23. The second-order valence-corrected chi connectivity index (χ2v) is 7.38. The maximum absolute atomic E-state index is 12.6. The van der Waals surface area contributed by atoms with Gasteiger partial charge in [-0.15, -0.1) is 0 Å². The third kappa shape index (κ3) is 4.85. The molecule has 0 aliphatic carbocycles. The van der Waals surface area contributed by atoms with Crippen molar-refractivity contribution in [2.24, 2.45) is 0 Å². The van der Waals surface area contributed by atoms with Crippen molar-refractivity contribution < 1.29 is 23.7 Å². The molecule has 0 radical (unpaired) electrons. The molecule has 168 valence electrons. The number of carbonyl (C=O) groups excluding carboxylic acids is 2. The van der Waals surface area contributed by atoms with Crippen LogP contribution in [0.3, 0.4) is 0 Å². The molecule has 0 aliphatic heterocycles. The van der Waals surface area contributed by atoms with Crippen molar-refractivity contribution in [3.05, 3.63) is 68.7 Å². The van der Waals surface area contributed by atoms with Crippen molar-refractivity contribution in [1.82, 2.24) is 4.57 Å². The molecule has 10 heteroatoms. The molecule has 1 N–H and O–H groups in total. The number of fused-ring (bicyclic) bond motifs is 1. The van der Waals surface area contributed by atoms with Gasteiger partial charge in [0.1, 0.15) is 6.54 Å². The van der Waals surface area contributed by atoms with E-state index >= 15 is 0 Å². The Morgan fingerprint density at radius 3 is 2.62 bits per heavy atom. The number of ether oxygens (including phenoxy) is 1. The molecule has 0 fully saturated rings. The zero-order valence-corrected chi connectivity index (χ0v) is 17.9. The van der Waals surface area contributed by atoms with Crippen molar-refractivity contribution >= 4 is 34.4 Å². The van der Waals surface area contributed by atoms with Gasteiger partial charge >= 0.3 is 11.7 Å². The zero-order chi connectivity index (χ0) is 23.4. The fraction of sp³-hybridized carbons (Fsp3) is 0.318. The number of carbonyl (C=O) groups is 2.